The Morgan fingerprint density at radius 3 is 2.46 bits per heavy atom. The molecular weight excluding hydrogens is 166 g/mol. The molecule has 0 aliphatic rings. The molecule has 1 aromatic rings. The van der Waals surface area contributed by atoms with Crippen molar-refractivity contribution in [1.82, 2.24) is 4.98 Å². The number of aldehydes is 1. The lowest BCUT2D eigenvalue weighted by Crippen LogP contribution is -2.22. The van der Waals surface area contributed by atoms with Crippen LogP contribution in [-0.2, 0) is 0 Å². The van der Waals surface area contributed by atoms with Crippen LogP contribution in [0.4, 0.5) is 0 Å². The predicted octanol–water partition coefficient (Wildman–Crippen LogP) is 2.07. The van der Waals surface area contributed by atoms with Crippen molar-refractivity contribution in [3.05, 3.63) is 24.0 Å². The van der Waals surface area contributed by atoms with Crippen molar-refractivity contribution in [2.24, 2.45) is 0 Å². The van der Waals surface area contributed by atoms with Gasteiger partial charge in [-0.1, -0.05) is 0 Å². The first kappa shape index (κ1) is 9.71. The fourth-order valence-electron chi connectivity index (χ4n) is 0.875. The van der Waals surface area contributed by atoms with Crippen molar-refractivity contribution in [3.63, 3.8) is 0 Å². The molecule has 0 aliphatic carbocycles. The Labute approximate surface area is 77.8 Å². The molecule has 70 valence electrons. The van der Waals surface area contributed by atoms with Gasteiger partial charge in [-0.15, -0.1) is 0 Å². The average molecular weight is 179 g/mol. The van der Waals surface area contributed by atoms with Crippen molar-refractivity contribution in [3.8, 4) is 5.75 Å². The summed E-state index contributed by atoms with van der Waals surface area (Å²) in [7, 11) is 0. The molecule has 1 aromatic heterocycles. The smallest absolute Gasteiger partial charge is 0.168 e. The molecule has 0 aromatic carbocycles. The van der Waals surface area contributed by atoms with Gasteiger partial charge >= 0.3 is 0 Å². The van der Waals surface area contributed by atoms with Crippen LogP contribution >= 0.6 is 0 Å². The van der Waals surface area contributed by atoms with Crippen LogP contribution in [0.3, 0.4) is 0 Å². The van der Waals surface area contributed by atoms with Gasteiger partial charge in [-0.05, 0) is 32.9 Å². The van der Waals surface area contributed by atoms with Gasteiger partial charge in [0.15, 0.2) is 6.29 Å². The van der Waals surface area contributed by atoms with Crippen molar-refractivity contribution in [2.45, 2.75) is 26.4 Å². The molecule has 1 heterocycles. The summed E-state index contributed by atoms with van der Waals surface area (Å²) in [6.45, 7) is 5.88. The highest BCUT2D eigenvalue weighted by atomic mass is 16.5. The molecule has 0 radical (unpaired) electrons. The van der Waals surface area contributed by atoms with Crippen LogP contribution in [0.2, 0.25) is 0 Å². The molecule has 0 amide bonds. The minimum atomic E-state index is -0.232. The minimum absolute atomic E-state index is 0.232. The summed E-state index contributed by atoms with van der Waals surface area (Å²) in [4.78, 5) is 14.2. The highest BCUT2D eigenvalue weighted by Crippen LogP contribution is 2.16. The van der Waals surface area contributed by atoms with Crippen molar-refractivity contribution < 1.29 is 9.53 Å². The van der Waals surface area contributed by atoms with Gasteiger partial charge in [-0.3, -0.25) is 4.79 Å². The Morgan fingerprint density at radius 2 is 2.08 bits per heavy atom. The van der Waals surface area contributed by atoms with Crippen LogP contribution in [0.15, 0.2) is 18.3 Å². The summed E-state index contributed by atoms with van der Waals surface area (Å²) in [5.41, 5.74) is 0.186. The third-order valence-electron chi connectivity index (χ3n) is 1.30. The maximum absolute atomic E-state index is 10.3. The largest absolute Gasteiger partial charge is 0.487 e. The first-order valence-electron chi connectivity index (χ1n) is 4.11. The number of carbonyl (C=O) groups excluding carboxylic acids is 1. The zero-order valence-electron chi connectivity index (χ0n) is 8.07. The Kier molecular flexibility index (Phi) is 2.66. The zero-order chi connectivity index (χ0) is 9.90. The zero-order valence-corrected chi connectivity index (χ0v) is 8.07. The molecular formula is C10H13NO2. The van der Waals surface area contributed by atoms with Gasteiger partial charge < -0.3 is 4.74 Å². The van der Waals surface area contributed by atoms with Gasteiger partial charge in [-0.25, -0.2) is 4.98 Å². The van der Waals surface area contributed by atoms with Gasteiger partial charge in [0.25, 0.3) is 0 Å². The molecule has 0 saturated heterocycles. The van der Waals surface area contributed by atoms with E-state index in [1.165, 1.54) is 0 Å². The molecule has 0 aliphatic heterocycles. The van der Waals surface area contributed by atoms with Crippen LogP contribution in [0, 0.1) is 0 Å². The van der Waals surface area contributed by atoms with E-state index in [0.29, 0.717) is 17.7 Å². The van der Waals surface area contributed by atoms with Gasteiger partial charge in [0, 0.05) is 0 Å². The second-order valence-electron chi connectivity index (χ2n) is 3.75. The van der Waals surface area contributed by atoms with E-state index in [1.807, 2.05) is 20.8 Å². The topological polar surface area (TPSA) is 39.2 Å². The molecule has 3 heteroatoms. The Morgan fingerprint density at radius 1 is 1.38 bits per heavy atom. The normalized spacial score (nSPS) is 11.0. The summed E-state index contributed by atoms with van der Waals surface area (Å²) in [5.74, 6) is 0.679. The van der Waals surface area contributed by atoms with E-state index in [4.69, 9.17) is 4.74 Å². The first-order valence-corrected chi connectivity index (χ1v) is 4.11. The number of hydrogen-bond acceptors (Lipinski definition) is 3. The monoisotopic (exact) mass is 179 g/mol. The highest BCUT2D eigenvalue weighted by Gasteiger charge is 2.11. The third-order valence-corrected chi connectivity index (χ3v) is 1.30. The lowest BCUT2D eigenvalue weighted by Gasteiger charge is -2.20. The fraction of sp³-hybridized carbons (Fsp3) is 0.400. The van der Waals surface area contributed by atoms with Crippen LogP contribution in [0.25, 0.3) is 0 Å². The van der Waals surface area contributed by atoms with Crippen molar-refractivity contribution >= 4 is 6.29 Å². The molecule has 0 unspecified atom stereocenters. The molecule has 13 heavy (non-hydrogen) atoms. The molecule has 0 bridgehead atoms. The second kappa shape index (κ2) is 3.56. The minimum Gasteiger partial charge on any atom is -0.487 e. The summed E-state index contributed by atoms with van der Waals surface area (Å²) < 4.78 is 5.52. The molecule has 0 spiro atoms. The van der Waals surface area contributed by atoms with E-state index in [2.05, 4.69) is 4.98 Å². The summed E-state index contributed by atoms with van der Waals surface area (Å²) >= 11 is 0. The van der Waals surface area contributed by atoms with Crippen molar-refractivity contribution in [1.29, 1.82) is 0 Å². The predicted molar refractivity (Wildman–Crippen MR) is 50.0 cm³/mol. The lowest BCUT2D eigenvalue weighted by atomic mass is 10.2. The highest BCUT2D eigenvalue weighted by molar-refractivity contribution is 5.71. The number of ether oxygens (including phenoxy) is 1. The standard InChI is InChI=1S/C10H13NO2/c1-10(2,3)13-9-5-4-8(7-12)11-6-9/h4-7H,1-3H3. The second-order valence-corrected chi connectivity index (χ2v) is 3.75. The van der Waals surface area contributed by atoms with E-state index in [1.54, 1.807) is 18.3 Å². The fourth-order valence-corrected chi connectivity index (χ4v) is 0.875. The van der Waals surface area contributed by atoms with Gasteiger partial charge in [0.1, 0.15) is 17.0 Å². The summed E-state index contributed by atoms with van der Waals surface area (Å²) in [6, 6.07) is 3.37. The van der Waals surface area contributed by atoms with Crippen LogP contribution in [0.5, 0.6) is 5.75 Å². The number of hydrogen-bond donors (Lipinski definition) is 0. The number of pyridine rings is 1. The van der Waals surface area contributed by atoms with Gasteiger partial charge in [0.2, 0.25) is 0 Å². The Balaban J connectivity index is 2.75. The first-order chi connectivity index (χ1) is 6.01. The SMILES string of the molecule is CC(C)(C)Oc1ccc(C=O)nc1. The number of rotatable bonds is 2. The average Bonchev–Trinajstić information content (AvgIpc) is 2.03. The van der Waals surface area contributed by atoms with E-state index >= 15 is 0 Å². The molecule has 0 fully saturated rings. The van der Waals surface area contributed by atoms with Crippen LogP contribution in [-0.4, -0.2) is 16.9 Å². The number of aromatic nitrogens is 1. The van der Waals surface area contributed by atoms with E-state index < -0.39 is 0 Å². The third kappa shape index (κ3) is 3.23. The van der Waals surface area contributed by atoms with E-state index in [-0.39, 0.29) is 5.60 Å². The molecule has 0 saturated carbocycles. The Hall–Kier alpha value is -1.38. The van der Waals surface area contributed by atoms with Gasteiger partial charge in [0.05, 0.1) is 6.20 Å². The Bertz CT molecular complexity index is 285. The maximum Gasteiger partial charge on any atom is 0.168 e. The molecule has 0 N–H and O–H groups in total. The number of nitrogens with zero attached hydrogens (tertiary/aromatic N) is 1. The molecule has 0 atom stereocenters. The van der Waals surface area contributed by atoms with E-state index in [9.17, 15) is 4.79 Å². The lowest BCUT2D eigenvalue weighted by molar-refractivity contribution is 0.111. The maximum atomic E-state index is 10.3. The van der Waals surface area contributed by atoms with Gasteiger partial charge in [-0.2, -0.15) is 0 Å². The molecule has 1 rings (SSSR count). The van der Waals surface area contributed by atoms with Crippen molar-refractivity contribution in [2.75, 3.05) is 0 Å². The van der Waals surface area contributed by atoms with Crippen LogP contribution < -0.4 is 4.74 Å². The summed E-state index contributed by atoms with van der Waals surface area (Å²) in [5, 5.41) is 0. The molecule has 3 nitrogen and oxygen atoms in total. The summed E-state index contributed by atoms with van der Waals surface area (Å²) in [6.07, 6.45) is 2.26. The van der Waals surface area contributed by atoms with Crippen LogP contribution in [0.1, 0.15) is 31.3 Å². The number of carbonyl (C=O) groups is 1. The quantitative estimate of drug-likeness (QED) is 0.652. The van der Waals surface area contributed by atoms with E-state index in [0.717, 1.165) is 0 Å².